The van der Waals surface area contributed by atoms with Crippen LogP contribution in [0.4, 0.5) is 0 Å². The minimum absolute atomic E-state index is 0.0286. The lowest BCUT2D eigenvalue weighted by atomic mass is 9.46. The maximum atomic E-state index is 13.7. The van der Waals surface area contributed by atoms with Crippen molar-refractivity contribution in [3.8, 4) is 5.75 Å². The summed E-state index contributed by atoms with van der Waals surface area (Å²) >= 11 is 0. The van der Waals surface area contributed by atoms with E-state index in [-0.39, 0.29) is 29.1 Å². The smallest absolute Gasteiger partial charge is 0.254 e. The van der Waals surface area contributed by atoms with Gasteiger partial charge in [-0.3, -0.25) is 9.69 Å². The summed E-state index contributed by atoms with van der Waals surface area (Å²) in [6, 6.07) is 17.3. The van der Waals surface area contributed by atoms with Crippen LogP contribution in [0.2, 0.25) is 0 Å². The Bertz CT molecular complexity index is 1200. The van der Waals surface area contributed by atoms with Crippen LogP contribution in [0.1, 0.15) is 53.6 Å². The molecule has 2 aromatic rings. The molecule has 182 valence electrons. The van der Waals surface area contributed by atoms with Crippen molar-refractivity contribution < 1.29 is 14.3 Å². The number of methoxy groups -OCH3 is 1. The van der Waals surface area contributed by atoms with Gasteiger partial charge in [0.25, 0.3) is 5.91 Å². The molecule has 3 saturated heterocycles. The van der Waals surface area contributed by atoms with Gasteiger partial charge in [-0.05, 0) is 86.4 Å². The van der Waals surface area contributed by atoms with Crippen LogP contribution in [-0.2, 0) is 16.6 Å². The number of ether oxygens (including phenoxy) is 2. The molecule has 2 saturated carbocycles. The summed E-state index contributed by atoms with van der Waals surface area (Å²) in [4.78, 5) is 18.6. The minimum Gasteiger partial charge on any atom is -0.497 e. The first kappa shape index (κ1) is 20.8. The first-order valence-electron chi connectivity index (χ1n) is 13.6. The van der Waals surface area contributed by atoms with E-state index >= 15 is 0 Å². The van der Waals surface area contributed by atoms with E-state index < -0.39 is 0 Å². The van der Waals surface area contributed by atoms with Gasteiger partial charge in [-0.1, -0.05) is 24.3 Å². The number of nitrogens with zero attached hydrogens (tertiary/aromatic N) is 2. The summed E-state index contributed by atoms with van der Waals surface area (Å²) < 4.78 is 13.1. The second-order valence-electron chi connectivity index (χ2n) is 11.9. The molecule has 5 heteroatoms. The molecule has 0 radical (unpaired) electrons. The topological polar surface area (TPSA) is 42.0 Å². The van der Waals surface area contributed by atoms with Gasteiger partial charge in [0.2, 0.25) is 0 Å². The van der Waals surface area contributed by atoms with E-state index in [9.17, 15) is 4.79 Å². The van der Waals surface area contributed by atoms with Crippen LogP contribution in [0.15, 0.2) is 48.5 Å². The molecule has 0 spiro atoms. The monoisotopic (exact) mass is 470 g/mol. The van der Waals surface area contributed by atoms with Crippen molar-refractivity contribution in [3.05, 3.63) is 65.2 Å². The number of amides is 1. The summed E-state index contributed by atoms with van der Waals surface area (Å²) in [7, 11) is 1.77. The van der Waals surface area contributed by atoms with Crippen LogP contribution in [0, 0.1) is 11.8 Å². The van der Waals surface area contributed by atoms with E-state index in [2.05, 4.69) is 28.0 Å². The molecule has 3 aliphatic heterocycles. The Morgan fingerprint density at radius 2 is 1.97 bits per heavy atom. The molecule has 0 aromatic heterocycles. The highest BCUT2D eigenvalue weighted by Gasteiger charge is 2.78. The van der Waals surface area contributed by atoms with Crippen molar-refractivity contribution in [1.29, 1.82) is 0 Å². The Morgan fingerprint density at radius 1 is 1.11 bits per heavy atom. The molecule has 6 atom stereocenters. The maximum absolute atomic E-state index is 13.7. The summed E-state index contributed by atoms with van der Waals surface area (Å²) in [6.07, 6.45) is 7.20. The standard InChI is InChI=1S/C30H34N2O3/c1-34-22-10-9-21-15-26-30-12-11-24-27(25(35-30)18-32(24)28(33)20-5-3-2-4-6-20)29(30,23(21)16-22)13-14-31(26)17-19-7-8-19/h2-6,9-10,16,19,24-27H,7-8,11-15,17-18H2,1H3/t24-,25-,26-,27+,29+,30-/m1/s1. The second-order valence-corrected chi connectivity index (χ2v) is 11.9. The van der Waals surface area contributed by atoms with E-state index in [1.54, 1.807) is 7.11 Å². The third-order valence-corrected chi connectivity index (χ3v) is 10.5. The molecule has 6 aliphatic rings. The third-order valence-electron chi connectivity index (χ3n) is 10.5. The van der Waals surface area contributed by atoms with Gasteiger partial charge in [-0.2, -0.15) is 0 Å². The normalized spacial score (nSPS) is 38.7. The highest BCUT2D eigenvalue weighted by atomic mass is 16.5. The zero-order valence-electron chi connectivity index (χ0n) is 20.5. The molecule has 2 aromatic carbocycles. The van der Waals surface area contributed by atoms with Crippen LogP contribution in [0.5, 0.6) is 5.75 Å². The van der Waals surface area contributed by atoms with Crippen molar-refractivity contribution in [2.45, 2.75) is 67.7 Å². The number of hydrogen-bond donors (Lipinski definition) is 0. The molecule has 1 amide bonds. The predicted octanol–water partition coefficient (Wildman–Crippen LogP) is 4.05. The number of benzene rings is 2. The highest BCUT2D eigenvalue weighted by molar-refractivity contribution is 5.94. The summed E-state index contributed by atoms with van der Waals surface area (Å²) in [6.45, 7) is 3.10. The lowest BCUT2D eigenvalue weighted by molar-refractivity contribution is -0.171. The van der Waals surface area contributed by atoms with Gasteiger partial charge in [-0.15, -0.1) is 0 Å². The molecule has 8 rings (SSSR count). The van der Waals surface area contributed by atoms with Crippen LogP contribution < -0.4 is 4.74 Å². The summed E-state index contributed by atoms with van der Waals surface area (Å²) in [5, 5.41) is 0. The number of rotatable bonds is 4. The van der Waals surface area contributed by atoms with Crippen molar-refractivity contribution in [2.75, 3.05) is 26.7 Å². The molecule has 5 fully saturated rings. The van der Waals surface area contributed by atoms with Crippen LogP contribution in [0.25, 0.3) is 0 Å². The van der Waals surface area contributed by atoms with Gasteiger partial charge in [0, 0.05) is 42.1 Å². The van der Waals surface area contributed by atoms with Crippen molar-refractivity contribution in [3.63, 3.8) is 0 Å². The second kappa shape index (κ2) is 7.10. The first-order valence-corrected chi connectivity index (χ1v) is 13.6. The average molecular weight is 471 g/mol. The lowest BCUT2D eigenvalue weighted by Crippen LogP contribution is -2.74. The van der Waals surface area contributed by atoms with Crippen molar-refractivity contribution >= 4 is 5.91 Å². The largest absolute Gasteiger partial charge is 0.497 e. The van der Waals surface area contributed by atoms with Gasteiger partial charge in [-0.25, -0.2) is 0 Å². The van der Waals surface area contributed by atoms with Crippen molar-refractivity contribution in [1.82, 2.24) is 9.80 Å². The fourth-order valence-electron chi connectivity index (χ4n) is 9.12. The minimum atomic E-state index is -0.132. The Hall–Kier alpha value is -2.37. The molecule has 3 heterocycles. The zero-order chi connectivity index (χ0) is 23.4. The van der Waals surface area contributed by atoms with E-state index in [4.69, 9.17) is 9.47 Å². The van der Waals surface area contributed by atoms with E-state index in [1.165, 1.54) is 30.5 Å². The predicted molar refractivity (Wildman–Crippen MR) is 133 cm³/mol. The Morgan fingerprint density at radius 3 is 2.77 bits per heavy atom. The van der Waals surface area contributed by atoms with Crippen LogP contribution in [0.3, 0.4) is 0 Å². The molecular formula is C30H34N2O3. The number of fused-ring (bicyclic) bond motifs is 1. The fraction of sp³-hybridized carbons (Fsp3) is 0.567. The first-order chi connectivity index (χ1) is 17.1. The molecule has 5 nitrogen and oxygen atoms in total. The average Bonchev–Trinajstić information content (AvgIpc) is 3.59. The van der Waals surface area contributed by atoms with E-state index in [0.29, 0.717) is 12.0 Å². The Balaban J connectivity index is 1.25. The quantitative estimate of drug-likeness (QED) is 0.676. The number of hydrogen-bond acceptors (Lipinski definition) is 4. The third kappa shape index (κ3) is 2.59. The van der Waals surface area contributed by atoms with E-state index in [1.807, 2.05) is 30.3 Å². The molecule has 0 N–H and O–H groups in total. The highest BCUT2D eigenvalue weighted by Crippen LogP contribution is 2.69. The van der Waals surface area contributed by atoms with Crippen molar-refractivity contribution in [2.24, 2.45) is 11.8 Å². The number of likely N-dealkylation sites (tertiary alicyclic amines) is 2. The van der Waals surface area contributed by atoms with Gasteiger partial charge in [0.05, 0.1) is 18.8 Å². The fourth-order valence-corrected chi connectivity index (χ4v) is 9.12. The van der Waals surface area contributed by atoms with Crippen LogP contribution >= 0.6 is 0 Å². The van der Waals surface area contributed by atoms with Gasteiger partial charge in [0.15, 0.2) is 0 Å². The van der Waals surface area contributed by atoms with Gasteiger partial charge in [0.1, 0.15) is 5.75 Å². The van der Waals surface area contributed by atoms with Crippen LogP contribution in [-0.4, -0.2) is 66.2 Å². The molecule has 4 bridgehead atoms. The Labute approximate surface area is 207 Å². The molecule has 35 heavy (non-hydrogen) atoms. The number of piperidine rings is 1. The number of carbonyl (C=O) groups excluding carboxylic acids is 1. The summed E-state index contributed by atoms with van der Waals surface area (Å²) in [5.74, 6) is 2.36. The SMILES string of the molecule is COc1ccc2c(c1)[C@]13CCN(CC4CC4)[C@H](C2)[C@]12CC[C@@H]1[C@H]3[C@@H](CN1C(=O)c1ccccc1)O2. The zero-order valence-corrected chi connectivity index (χ0v) is 20.5. The van der Waals surface area contributed by atoms with E-state index in [0.717, 1.165) is 56.0 Å². The summed E-state index contributed by atoms with van der Waals surface area (Å²) in [5.41, 5.74) is 3.58. The number of carbonyl (C=O) groups is 1. The molecule has 3 aliphatic carbocycles. The van der Waals surface area contributed by atoms with Gasteiger partial charge >= 0.3 is 0 Å². The molecular weight excluding hydrogens is 436 g/mol. The molecule has 0 unspecified atom stereocenters. The van der Waals surface area contributed by atoms with Gasteiger partial charge < -0.3 is 14.4 Å². The lowest BCUT2D eigenvalue weighted by Gasteiger charge is -2.64. The maximum Gasteiger partial charge on any atom is 0.254 e. The Kier molecular flexibility index (Phi) is 4.22.